The SMILES string of the molecule is CCc1ccc2c(c1)NC(=O)CCN2. The number of hydrogen-bond acceptors (Lipinski definition) is 2. The minimum atomic E-state index is 0.0875. The fourth-order valence-corrected chi connectivity index (χ4v) is 1.59. The van der Waals surface area contributed by atoms with Gasteiger partial charge in [0.05, 0.1) is 11.4 Å². The number of fused-ring (bicyclic) bond motifs is 1. The summed E-state index contributed by atoms with van der Waals surface area (Å²) in [5.41, 5.74) is 3.17. The molecular formula is C11H14N2O. The maximum absolute atomic E-state index is 11.3. The van der Waals surface area contributed by atoms with E-state index in [9.17, 15) is 4.79 Å². The Morgan fingerprint density at radius 1 is 1.36 bits per heavy atom. The molecule has 1 aliphatic rings. The quantitative estimate of drug-likeness (QED) is 0.711. The summed E-state index contributed by atoms with van der Waals surface area (Å²) in [5, 5.41) is 6.12. The number of carbonyl (C=O) groups is 1. The van der Waals surface area contributed by atoms with E-state index in [4.69, 9.17) is 0 Å². The number of amides is 1. The van der Waals surface area contributed by atoms with E-state index in [1.54, 1.807) is 0 Å². The van der Waals surface area contributed by atoms with Gasteiger partial charge < -0.3 is 10.6 Å². The molecule has 74 valence electrons. The Labute approximate surface area is 83.5 Å². The standard InChI is InChI=1S/C11H14N2O/c1-2-8-3-4-9-10(7-8)13-11(14)5-6-12-9/h3-4,7,12H,2,5-6H2,1H3,(H,13,14). The first-order chi connectivity index (χ1) is 6.79. The van der Waals surface area contributed by atoms with Crippen molar-refractivity contribution in [3.63, 3.8) is 0 Å². The molecule has 3 heteroatoms. The zero-order valence-corrected chi connectivity index (χ0v) is 8.26. The molecule has 1 aliphatic heterocycles. The molecule has 14 heavy (non-hydrogen) atoms. The molecule has 0 saturated heterocycles. The van der Waals surface area contributed by atoms with Gasteiger partial charge in [-0.15, -0.1) is 0 Å². The van der Waals surface area contributed by atoms with Gasteiger partial charge in [-0.25, -0.2) is 0 Å². The van der Waals surface area contributed by atoms with Crippen LogP contribution >= 0.6 is 0 Å². The van der Waals surface area contributed by atoms with Crippen LogP contribution in [0.4, 0.5) is 11.4 Å². The van der Waals surface area contributed by atoms with Crippen molar-refractivity contribution in [2.75, 3.05) is 17.2 Å². The van der Waals surface area contributed by atoms with E-state index in [2.05, 4.69) is 23.6 Å². The van der Waals surface area contributed by atoms with Crippen LogP contribution in [0, 0.1) is 0 Å². The summed E-state index contributed by atoms with van der Waals surface area (Å²) in [5.74, 6) is 0.0875. The average Bonchev–Trinajstić information content (AvgIpc) is 2.37. The molecule has 3 nitrogen and oxygen atoms in total. The second kappa shape index (κ2) is 3.70. The monoisotopic (exact) mass is 190 g/mol. The lowest BCUT2D eigenvalue weighted by Crippen LogP contribution is -2.10. The Morgan fingerprint density at radius 3 is 3.00 bits per heavy atom. The van der Waals surface area contributed by atoms with Crippen molar-refractivity contribution in [1.82, 2.24) is 0 Å². The Kier molecular flexibility index (Phi) is 2.39. The zero-order chi connectivity index (χ0) is 9.97. The molecule has 0 radical (unpaired) electrons. The first kappa shape index (κ1) is 9.06. The number of aryl methyl sites for hydroxylation is 1. The average molecular weight is 190 g/mol. The Balaban J connectivity index is 2.36. The van der Waals surface area contributed by atoms with Crippen molar-refractivity contribution >= 4 is 17.3 Å². The predicted octanol–water partition coefficient (Wildman–Crippen LogP) is 2.00. The third-order valence-corrected chi connectivity index (χ3v) is 2.43. The van der Waals surface area contributed by atoms with E-state index < -0.39 is 0 Å². The number of benzene rings is 1. The van der Waals surface area contributed by atoms with Crippen LogP contribution in [0.25, 0.3) is 0 Å². The fourth-order valence-electron chi connectivity index (χ4n) is 1.59. The third-order valence-electron chi connectivity index (χ3n) is 2.43. The van der Waals surface area contributed by atoms with Crippen molar-refractivity contribution in [2.45, 2.75) is 19.8 Å². The van der Waals surface area contributed by atoms with Gasteiger partial charge in [-0.05, 0) is 24.1 Å². The van der Waals surface area contributed by atoms with Crippen molar-refractivity contribution in [3.05, 3.63) is 23.8 Å². The largest absolute Gasteiger partial charge is 0.383 e. The van der Waals surface area contributed by atoms with Crippen molar-refractivity contribution < 1.29 is 4.79 Å². The molecule has 0 spiro atoms. The Hall–Kier alpha value is -1.51. The van der Waals surface area contributed by atoms with Crippen LogP contribution in [0.5, 0.6) is 0 Å². The molecule has 0 aromatic heterocycles. The minimum absolute atomic E-state index is 0.0875. The van der Waals surface area contributed by atoms with Gasteiger partial charge in [0.1, 0.15) is 0 Å². The second-order valence-corrected chi connectivity index (χ2v) is 3.46. The summed E-state index contributed by atoms with van der Waals surface area (Å²) in [7, 11) is 0. The van der Waals surface area contributed by atoms with E-state index in [1.165, 1.54) is 5.56 Å². The molecule has 0 saturated carbocycles. The number of hydrogen-bond donors (Lipinski definition) is 2. The molecule has 1 aromatic rings. The Bertz CT molecular complexity index is 360. The molecule has 2 N–H and O–H groups in total. The maximum Gasteiger partial charge on any atom is 0.226 e. The smallest absolute Gasteiger partial charge is 0.226 e. The van der Waals surface area contributed by atoms with Crippen LogP contribution in [0.3, 0.4) is 0 Å². The molecule has 1 amide bonds. The van der Waals surface area contributed by atoms with Crippen LogP contribution in [0.2, 0.25) is 0 Å². The predicted molar refractivity (Wildman–Crippen MR) is 57.6 cm³/mol. The molecule has 0 fully saturated rings. The summed E-state index contributed by atoms with van der Waals surface area (Å²) in [6.45, 7) is 2.82. The van der Waals surface area contributed by atoms with Crippen LogP contribution < -0.4 is 10.6 Å². The van der Waals surface area contributed by atoms with E-state index in [1.807, 2.05) is 12.1 Å². The molecule has 0 unspecified atom stereocenters. The van der Waals surface area contributed by atoms with Gasteiger partial charge in [0, 0.05) is 13.0 Å². The molecule has 0 aliphatic carbocycles. The summed E-state index contributed by atoms with van der Waals surface area (Å²) < 4.78 is 0. The van der Waals surface area contributed by atoms with Crippen LogP contribution in [-0.2, 0) is 11.2 Å². The van der Waals surface area contributed by atoms with Crippen LogP contribution in [-0.4, -0.2) is 12.5 Å². The first-order valence-corrected chi connectivity index (χ1v) is 4.96. The van der Waals surface area contributed by atoms with E-state index in [0.29, 0.717) is 13.0 Å². The molecule has 0 bridgehead atoms. The van der Waals surface area contributed by atoms with Gasteiger partial charge >= 0.3 is 0 Å². The van der Waals surface area contributed by atoms with E-state index in [-0.39, 0.29) is 5.91 Å². The molecule has 1 aromatic carbocycles. The normalized spacial score (nSPS) is 15.1. The molecule has 1 heterocycles. The molecule has 2 rings (SSSR count). The first-order valence-electron chi connectivity index (χ1n) is 4.96. The van der Waals surface area contributed by atoms with Gasteiger partial charge in [-0.2, -0.15) is 0 Å². The lowest BCUT2D eigenvalue weighted by molar-refractivity contribution is -0.115. The lowest BCUT2D eigenvalue weighted by Gasteiger charge is -2.08. The highest BCUT2D eigenvalue weighted by molar-refractivity contribution is 5.96. The maximum atomic E-state index is 11.3. The number of nitrogens with one attached hydrogen (secondary N) is 2. The Morgan fingerprint density at radius 2 is 2.21 bits per heavy atom. The summed E-state index contributed by atoms with van der Waals surface area (Å²) in [6.07, 6.45) is 1.53. The van der Waals surface area contributed by atoms with E-state index in [0.717, 1.165) is 17.8 Å². The summed E-state index contributed by atoms with van der Waals surface area (Å²) in [4.78, 5) is 11.3. The highest BCUT2D eigenvalue weighted by atomic mass is 16.1. The van der Waals surface area contributed by atoms with Gasteiger partial charge in [-0.3, -0.25) is 4.79 Å². The third kappa shape index (κ3) is 1.71. The van der Waals surface area contributed by atoms with Crippen LogP contribution in [0.1, 0.15) is 18.9 Å². The van der Waals surface area contributed by atoms with Gasteiger partial charge in [0.25, 0.3) is 0 Å². The van der Waals surface area contributed by atoms with Gasteiger partial charge in [0.15, 0.2) is 0 Å². The molecule has 0 atom stereocenters. The summed E-state index contributed by atoms with van der Waals surface area (Å²) >= 11 is 0. The number of anilines is 2. The molecular weight excluding hydrogens is 176 g/mol. The topological polar surface area (TPSA) is 41.1 Å². The summed E-state index contributed by atoms with van der Waals surface area (Å²) in [6, 6.07) is 6.15. The van der Waals surface area contributed by atoms with Crippen molar-refractivity contribution in [1.29, 1.82) is 0 Å². The van der Waals surface area contributed by atoms with Gasteiger partial charge in [0.2, 0.25) is 5.91 Å². The number of rotatable bonds is 1. The van der Waals surface area contributed by atoms with E-state index >= 15 is 0 Å². The second-order valence-electron chi connectivity index (χ2n) is 3.46. The van der Waals surface area contributed by atoms with Crippen molar-refractivity contribution in [2.24, 2.45) is 0 Å². The van der Waals surface area contributed by atoms with Gasteiger partial charge in [-0.1, -0.05) is 13.0 Å². The zero-order valence-electron chi connectivity index (χ0n) is 8.26. The van der Waals surface area contributed by atoms with Crippen molar-refractivity contribution in [3.8, 4) is 0 Å². The highest BCUT2D eigenvalue weighted by Crippen LogP contribution is 2.25. The number of carbonyl (C=O) groups excluding carboxylic acids is 1. The van der Waals surface area contributed by atoms with Crippen LogP contribution in [0.15, 0.2) is 18.2 Å². The fraction of sp³-hybridized carbons (Fsp3) is 0.364. The minimum Gasteiger partial charge on any atom is -0.383 e. The highest BCUT2D eigenvalue weighted by Gasteiger charge is 2.11. The lowest BCUT2D eigenvalue weighted by atomic mass is 10.1.